The van der Waals surface area contributed by atoms with E-state index in [0.717, 1.165) is 25.9 Å². The second-order valence-electron chi connectivity index (χ2n) is 6.32. The average molecular weight is 380 g/mol. The van der Waals surface area contributed by atoms with Gasteiger partial charge in [-0.1, -0.05) is 11.6 Å². The van der Waals surface area contributed by atoms with Crippen molar-refractivity contribution in [2.24, 2.45) is 0 Å². The summed E-state index contributed by atoms with van der Waals surface area (Å²) in [6, 6.07) is 4.59. The summed E-state index contributed by atoms with van der Waals surface area (Å²) in [6.07, 6.45) is 3.64. The Bertz CT molecular complexity index is 789. The lowest BCUT2D eigenvalue weighted by molar-refractivity contribution is -0.120. The van der Waals surface area contributed by atoms with Crippen LogP contribution in [0.3, 0.4) is 0 Å². The molecule has 8 heteroatoms. The van der Waals surface area contributed by atoms with Gasteiger partial charge >= 0.3 is 0 Å². The van der Waals surface area contributed by atoms with Gasteiger partial charge in [0.1, 0.15) is 0 Å². The van der Waals surface area contributed by atoms with Gasteiger partial charge < -0.3 is 20.1 Å². The highest BCUT2D eigenvalue weighted by Crippen LogP contribution is 2.32. The first-order valence-corrected chi connectivity index (χ1v) is 10.5. The monoisotopic (exact) mass is 380 g/mol. The molecule has 0 aromatic heterocycles. The molecular weight excluding hydrogens is 356 g/mol. The number of carbonyl (C=O) groups is 1. The Balaban J connectivity index is 1.55. The molecule has 0 radical (unpaired) electrons. The van der Waals surface area contributed by atoms with Crippen molar-refractivity contribution < 1.29 is 22.7 Å². The van der Waals surface area contributed by atoms with E-state index in [9.17, 15) is 13.2 Å². The van der Waals surface area contributed by atoms with Gasteiger partial charge in [0.15, 0.2) is 21.3 Å². The predicted molar refractivity (Wildman–Crippen MR) is 97.3 cm³/mol. The van der Waals surface area contributed by atoms with Gasteiger partial charge in [0.05, 0.1) is 23.9 Å². The summed E-state index contributed by atoms with van der Waals surface area (Å²) in [5.41, 5.74) is 1.17. The fourth-order valence-corrected chi connectivity index (χ4v) is 4.06. The maximum absolute atomic E-state index is 12.5. The van der Waals surface area contributed by atoms with Crippen LogP contribution in [0.15, 0.2) is 34.7 Å². The topological polar surface area (TPSA) is 93.7 Å². The van der Waals surface area contributed by atoms with Crippen molar-refractivity contribution in [2.75, 3.05) is 38.6 Å². The van der Waals surface area contributed by atoms with Gasteiger partial charge in [-0.25, -0.2) is 8.42 Å². The summed E-state index contributed by atoms with van der Waals surface area (Å²) in [6.45, 7) is 3.23. The predicted octanol–water partition coefficient (Wildman–Crippen LogP) is 1.05. The van der Waals surface area contributed by atoms with Crippen molar-refractivity contribution in [2.45, 2.75) is 24.2 Å². The summed E-state index contributed by atoms with van der Waals surface area (Å²) >= 11 is 0. The molecule has 1 aromatic carbocycles. The molecule has 0 unspecified atom stereocenters. The second-order valence-corrected chi connectivity index (χ2v) is 8.43. The number of ether oxygens (including phenoxy) is 2. The molecule has 26 heavy (non-hydrogen) atoms. The van der Waals surface area contributed by atoms with Crippen LogP contribution in [0.25, 0.3) is 0 Å². The van der Waals surface area contributed by atoms with Crippen LogP contribution in [0, 0.1) is 0 Å². The van der Waals surface area contributed by atoms with Crippen molar-refractivity contribution in [1.82, 2.24) is 10.6 Å². The van der Waals surface area contributed by atoms with Gasteiger partial charge in [-0.2, -0.15) is 0 Å². The minimum atomic E-state index is -3.56. The van der Waals surface area contributed by atoms with E-state index in [0.29, 0.717) is 31.3 Å². The molecule has 0 fully saturated rings. The van der Waals surface area contributed by atoms with Crippen LogP contribution in [0.4, 0.5) is 0 Å². The van der Waals surface area contributed by atoms with Crippen LogP contribution in [-0.4, -0.2) is 52.9 Å². The van der Waals surface area contributed by atoms with Crippen molar-refractivity contribution in [1.29, 1.82) is 0 Å². The molecular formula is C18H24N2O5S. The molecule has 0 atom stereocenters. The van der Waals surface area contributed by atoms with Crippen molar-refractivity contribution in [3.8, 4) is 11.5 Å². The normalized spacial score (nSPS) is 17.2. The molecule has 2 heterocycles. The van der Waals surface area contributed by atoms with Gasteiger partial charge in [-0.3, -0.25) is 4.79 Å². The number of benzene rings is 1. The van der Waals surface area contributed by atoms with Gasteiger partial charge in [-0.05, 0) is 25.1 Å². The molecule has 2 N–H and O–H groups in total. The molecule has 0 aliphatic carbocycles. The van der Waals surface area contributed by atoms with Crippen LogP contribution in [0.2, 0.25) is 0 Å². The van der Waals surface area contributed by atoms with Crippen LogP contribution in [0.1, 0.15) is 19.3 Å². The Labute approximate surface area is 153 Å². The molecule has 2 aliphatic heterocycles. The Morgan fingerprint density at radius 1 is 1.19 bits per heavy atom. The Hall–Kier alpha value is -2.06. The van der Waals surface area contributed by atoms with E-state index in [1.165, 1.54) is 17.7 Å². The first kappa shape index (κ1) is 18.7. The zero-order valence-electron chi connectivity index (χ0n) is 14.6. The highest BCUT2D eigenvalue weighted by Gasteiger charge is 2.20. The standard InChI is InChI=1S/C18H24N2O5S/c21-18(20-13-14-4-7-19-8-5-14)6-11-26(22,23)15-2-3-16-17(12-15)25-10-1-9-24-16/h2-4,12,19H,1,5-11,13H2,(H,20,21). The van der Waals surface area contributed by atoms with Gasteiger partial charge in [-0.15, -0.1) is 0 Å². The maximum atomic E-state index is 12.5. The molecule has 3 rings (SSSR count). The first-order chi connectivity index (χ1) is 12.5. The van der Waals surface area contributed by atoms with Crippen molar-refractivity contribution in [3.63, 3.8) is 0 Å². The third-order valence-electron chi connectivity index (χ3n) is 4.35. The van der Waals surface area contributed by atoms with Crippen molar-refractivity contribution >= 4 is 15.7 Å². The largest absolute Gasteiger partial charge is 0.490 e. The fraction of sp³-hybridized carbons (Fsp3) is 0.500. The van der Waals surface area contributed by atoms with Crippen LogP contribution in [-0.2, 0) is 14.6 Å². The van der Waals surface area contributed by atoms with Gasteiger partial charge in [0.2, 0.25) is 5.91 Å². The fourth-order valence-electron chi connectivity index (χ4n) is 2.81. The minimum absolute atomic E-state index is 0.0672. The number of nitrogens with one attached hydrogen (secondary N) is 2. The summed E-state index contributed by atoms with van der Waals surface area (Å²) in [4.78, 5) is 12.1. The van der Waals surface area contributed by atoms with E-state index in [1.807, 2.05) is 0 Å². The molecule has 0 bridgehead atoms. The number of amides is 1. The third kappa shape index (κ3) is 4.98. The van der Waals surface area contributed by atoms with Crippen LogP contribution < -0.4 is 20.1 Å². The number of hydrogen-bond acceptors (Lipinski definition) is 6. The highest BCUT2D eigenvalue weighted by molar-refractivity contribution is 7.91. The zero-order valence-corrected chi connectivity index (χ0v) is 15.4. The van der Waals surface area contributed by atoms with E-state index >= 15 is 0 Å². The molecule has 1 aromatic rings. The maximum Gasteiger partial charge on any atom is 0.221 e. The zero-order chi connectivity index (χ0) is 18.4. The van der Waals surface area contributed by atoms with E-state index in [4.69, 9.17) is 9.47 Å². The molecule has 2 aliphatic rings. The molecule has 7 nitrogen and oxygen atoms in total. The number of carbonyl (C=O) groups excluding carboxylic acids is 1. The van der Waals surface area contributed by atoms with Gasteiger partial charge in [0.25, 0.3) is 0 Å². The van der Waals surface area contributed by atoms with Crippen LogP contribution in [0.5, 0.6) is 11.5 Å². The SMILES string of the molecule is O=C(CCS(=O)(=O)c1ccc2c(c1)OCCCO2)NCC1=CCNCC1. The summed E-state index contributed by atoms with van der Waals surface area (Å²) in [5.74, 6) is 0.488. The lowest BCUT2D eigenvalue weighted by atomic mass is 10.1. The minimum Gasteiger partial charge on any atom is -0.490 e. The van der Waals surface area contributed by atoms with Crippen LogP contribution >= 0.6 is 0 Å². The number of rotatable bonds is 6. The Kier molecular flexibility index (Phi) is 6.16. The highest BCUT2D eigenvalue weighted by atomic mass is 32.2. The first-order valence-electron chi connectivity index (χ1n) is 8.82. The van der Waals surface area contributed by atoms with Gasteiger partial charge in [0, 0.05) is 32.0 Å². The lowest BCUT2D eigenvalue weighted by Crippen LogP contribution is -2.30. The van der Waals surface area contributed by atoms with E-state index in [2.05, 4.69) is 16.7 Å². The smallest absolute Gasteiger partial charge is 0.221 e. The Morgan fingerprint density at radius 3 is 2.77 bits per heavy atom. The summed E-state index contributed by atoms with van der Waals surface area (Å²) < 4.78 is 36.1. The molecule has 0 saturated carbocycles. The second kappa shape index (κ2) is 8.55. The molecule has 0 saturated heterocycles. The van der Waals surface area contributed by atoms with E-state index < -0.39 is 9.84 Å². The molecule has 142 valence electrons. The average Bonchev–Trinajstić information content (AvgIpc) is 2.90. The quantitative estimate of drug-likeness (QED) is 0.717. The summed E-state index contributed by atoms with van der Waals surface area (Å²) in [7, 11) is -3.56. The lowest BCUT2D eigenvalue weighted by Gasteiger charge is -2.14. The number of fused-ring (bicyclic) bond motifs is 1. The molecule has 0 spiro atoms. The number of sulfone groups is 1. The van der Waals surface area contributed by atoms with Crippen molar-refractivity contribution in [3.05, 3.63) is 29.8 Å². The third-order valence-corrected chi connectivity index (χ3v) is 6.06. The Morgan fingerprint density at radius 2 is 2.00 bits per heavy atom. The summed E-state index contributed by atoms with van der Waals surface area (Å²) in [5, 5.41) is 5.99. The number of hydrogen-bond donors (Lipinski definition) is 2. The molecule has 1 amide bonds. The van der Waals surface area contributed by atoms with E-state index in [1.54, 1.807) is 6.07 Å². The van der Waals surface area contributed by atoms with E-state index in [-0.39, 0.29) is 23.0 Å².